The molecule has 1 atom stereocenters. The highest BCUT2D eigenvalue weighted by Gasteiger charge is 2.27. The van der Waals surface area contributed by atoms with Gasteiger partial charge in [0.15, 0.2) is 11.5 Å². The van der Waals surface area contributed by atoms with Crippen LogP contribution in [-0.2, 0) is 4.79 Å². The molecule has 1 amide bonds. The molecule has 8 heteroatoms. The number of halogens is 1. The van der Waals surface area contributed by atoms with E-state index in [1.54, 1.807) is 31.4 Å². The Morgan fingerprint density at radius 3 is 2.64 bits per heavy atom. The third kappa shape index (κ3) is 4.36. The fourth-order valence-electron chi connectivity index (χ4n) is 3.51. The van der Waals surface area contributed by atoms with Gasteiger partial charge in [0.05, 0.1) is 18.3 Å². The molecule has 1 aliphatic heterocycles. The van der Waals surface area contributed by atoms with Crippen LogP contribution in [0.3, 0.4) is 0 Å². The second-order valence-corrected chi connectivity index (χ2v) is 7.76. The Bertz CT molecular complexity index is 1360. The largest absolute Gasteiger partial charge is 0.495 e. The number of methoxy groups -OCH3 is 1. The molecule has 0 saturated carbocycles. The fourth-order valence-corrected chi connectivity index (χ4v) is 3.77. The number of hydrogen-bond acceptors (Lipinski definition) is 6. The first-order chi connectivity index (χ1) is 16.1. The molecule has 1 aliphatic rings. The van der Waals surface area contributed by atoms with Gasteiger partial charge in [0, 0.05) is 5.56 Å². The Morgan fingerprint density at radius 2 is 1.88 bits per heavy atom. The minimum atomic E-state index is -0.815. The molecule has 0 saturated heterocycles. The van der Waals surface area contributed by atoms with Crippen molar-refractivity contribution in [1.82, 2.24) is 5.43 Å². The molecule has 1 aromatic heterocycles. The van der Waals surface area contributed by atoms with E-state index in [1.807, 2.05) is 42.5 Å². The van der Waals surface area contributed by atoms with Crippen LogP contribution in [0.25, 0.3) is 22.1 Å². The van der Waals surface area contributed by atoms with E-state index in [2.05, 4.69) is 10.5 Å². The van der Waals surface area contributed by atoms with Crippen molar-refractivity contribution in [2.75, 3.05) is 13.7 Å². The van der Waals surface area contributed by atoms with E-state index in [1.165, 1.54) is 6.21 Å². The Balaban J connectivity index is 1.22. The van der Waals surface area contributed by atoms with Gasteiger partial charge in [-0.2, -0.15) is 5.10 Å². The topological polar surface area (TPSA) is 82.3 Å². The van der Waals surface area contributed by atoms with Crippen molar-refractivity contribution in [2.45, 2.75) is 6.10 Å². The van der Waals surface area contributed by atoms with E-state index in [0.717, 1.165) is 16.3 Å². The predicted molar refractivity (Wildman–Crippen MR) is 125 cm³/mol. The maximum atomic E-state index is 12.5. The minimum absolute atomic E-state index is 0.0931. The predicted octanol–water partition coefficient (Wildman–Crippen LogP) is 5.05. The van der Waals surface area contributed by atoms with Crippen molar-refractivity contribution < 1.29 is 23.4 Å². The SMILES string of the molecule is COc1ccc(-c2ccc(/C=N/NC(=O)[C@H]3COc4cc5ccccc5cc4O3)o2)cc1Cl. The van der Waals surface area contributed by atoms with Crippen LogP contribution in [0, 0.1) is 0 Å². The maximum Gasteiger partial charge on any atom is 0.284 e. The van der Waals surface area contributed by atoms with Gasteiger partial charge in [-0.25, -0.2) is 5.43 Å². The summed E-state index contributed by atoms with van der Waals surface area (Å²) in [6, 6.07) is 20.5. The smallest absolute Gasteiger partial charge is 0.284 e. The second kappa shape index (κ2) is 8.88. The lowest BCUT2D eigenvalue weighted by Gasteiger charge is -2.25. The van der Waals surface area contributed by atoms with Crippen molar-refractivity contribution in [3.8, 4) is 28.6 Å². The van der Waals surface area contributed by atoms with Crippen LogP contribution >= 0.6 is 11.6 Å². The van der Waals surface area contributed by atoms with Gasteiger partial charge in [0.25, 0.3) is 5.91 Å². The van der Waals surface area contributed by atoms with Crippen molar-refractivity contribution in [3.05, 3.63) is 77.5 Å². The van der Waals surface area contributed by atoms with E-state index < -0.39 is 12.0 Å². The summed E-state index contributed by atoms with van der Waals surface area (Å²) in [5.41, 5.74) is 3.26. The zero-order chi connectivity index (χ0) is 22.8. The summed E-state index contributed by atoms with van der Waals surface area (Å²) in [5.74, 6) is 2.39. The third-order valence-corrected chi connectivity index (χ3v) is 5.49. The average molecular weight is 463 g/mol. The van der Waals surface area contributed by atoms with Crippen LogP contribution in [0.15, 0.2) is 76.2 Å². The number of hydrogen-bond donors (Lipinski definition) is 1. The van der Waals surface area contributed by atoms with Crippen LogP contribution in [0.4, 0.5) is 0 Å². The summed E-state index contributed by atoms with van der Waals surface area (Å²) < 4.78 is 22.5. The maximum absolute atomic E-state index is 12.5. The molecule has 166 valence electrons. The summed E-state index contributed by atoms with van der Waals surface area (Å²) in [6.07, 6.45) is 0.599. The molecule has 0 aliphatic carbocycles. The molecule has 0 bridgehead atoms. The van der Waals surface area contributed by atoms with Crippen LogP contribution in [0.5, 0.6) is 17.2 Å². The minimum Gasteiger partial charge on any atom is -0.495 e. The fraction of sp³-hybridized carbons (Fsp3) is 0.120. The van der Waals surface area contributed by atoms with Gasteiger partial charge >= 0.3 is 0 Å². The first kappa shape index (κ1) is 20.9. The number of furan rings is 1. The molecule has 5 rings (SSSR count). The molecule has 1 N–H and O–H groups in total. The van der Waals surface area contributed by atoms with Crippen molar-refractivity contribution in [3.63, 3.8) is 0 Å². The molecular formula is C25H19ClN2O5. The summed E-state index contributed by atoms with van der Waals surface area (Å²) >= 11 is 6.18. The van der Waals surface area contributed by atoms with Crippen molar-refractivity contribution >= 4 is 34.5 Å². The number of fused-ring (bicyclic) bond motifs is 2. The summed E-state index contributed by atoms with van der Waals surface area (Å²) in [5, 5.41) is 6.51. The van der Waals surface area contributed by atoms with Gasteiger partial charge in [-0.15, -0.1) is 0 Å². The number of nitrogens with zero attached hydrogens (tertiary/aromatic N) is 1. The van der Waals surface area contributed by atoms with Gasteiger partial charge in [-0.05, 0) is 53.2 Å². The number of ether oxygens (including phenoxy) is 3. The first-order valence-electron chi connectivity index (χ1n) is 10.2. The summed E-state index contributed by atoms with van der Waals surface area (Å²) in [4.78, 5) is 12.5. The lowest BCUT2D eigenvalue weighted by atomic mass is 10.1. The lowest BCUT2D eigenvalue weighted by Crippen LogP contribution is -2.42. The molecule has 0 fully saturated rings. The zero-order valence-corrected chi connectivity index (χ0v) is 18.3. The highest BCUT2D eigenvalue weighted by atomic mass is 35.5. The number of amides is 1. The molecule has 2 heterocycles. The number of carbonyl (C=O) groups excluding carboxylic acids is 1. The van der Waals surface area contributed by atoms with Crippen LogP contribution in [0.1, 0.15) is 5.76 Å². The standard InChI is InChI=1S/C25H19ClN2O5/c1-30-21-8-6-17(10-19(21)26)20-9-7-18(32-20)13-27-28-25(29)24-14-31-22-11-15-4-2-3-5-16(15)12-23(22)33-24/h2-13,24H,14H2,1H3,(H,28,29)/b27-13+/t24-/m1/s1. The van der Waals surface area contributed by atoms with E-state index >= 15 is 0 Å². The van der Waals surface area contributed by atoms with E-state index in [0.29, 0.717) is 33.8 Å². The summed E-state index contributed by atoms with van der Waals surface area (Å²) in [7, 11) is 1.56. The summed E-state index contributed by atoms with van der Waals surface area (Å²) in [6.45, 7) is 0.0931. The van der Waals surface area contributed by atoms with Crippen molar-refractivity contribution in [1.29, 1.82) is 0 Å². The Hall–Kier alpha value is -3.97. The molecule has 7 nitrogen and oxygen atoms in total. The van der Waals surface area contributed by atoms with E-state index in [9.17, 15) is 4.79 Å². The number of carbonyl (C=O) groups is 1. The Morgan fingerprint density at radius 1 is 1.09 bits per heavy atom. The van der Waals surface area contributed by atoms with E-state index in [-0.39, 0.29) is 6.61 Å². The lowest BCUT2D eigenvalue weighted by molar-refractivity contribution is -0.130. The number of benzene rings is 3. The van der Waals surface area contributed by atoms with Crippen molar-refractivity contribution in [2.24, 2.45) is 5.10 Å². The molecule has 0 radical (unpaired) electrons. The monoisotopic (exact) mass is 462 g/mol. The first-order valence-corrected chi connectivity index (χ1v) is 10.6. The van der Waals surface area contributed by atoms with Gasteiger partial charge in [-0.1, -0.05) is 35.9 Å². The molecule has 33 heavy (non-hydrogen) atoms. The molecular weight excluding hydrogens is 444 g/mol. The van der Waals surface area contributed by atoms with Crippen LogP contribution in [0.2, 0.25) is 5.02 Å². The van der Waals surface area contributed by atoms with Gasteiger partial charge in [-0.3, -0.25) is 4.79 Å². The average Bonchev–Trinajstić information content (AvgIpc) is 3.31. The van der Waals surface area contributed by atoms with Crippen LogP contribution in [-0.4, -0.2) is 31.9 Å². The molecule has 0 spiro atoms. The van der Waals surface area contributed by atoms with Gasteiger partial charge in [0.1, 0.15) is 23.9 Å². The highest BCUT2D eigenvalue weighted by molar-refractivity contribution is 6.32. The van der Waals surface area contributed by atoms with Gasteiger partial charge < -0.3 is 18.6 Å². The third-order valence-electron chi connectivity index (χ3n) is 5.19. The second-order valence-electron chi connectivity index (χ2n) is 7.35. The normalized spacial score (nSPS) is 15.0. The number of rotatable bonds is 5. The van der Waals surface area contributed by atoms with Gasteiger partial charge in [0.2, 0.25) is 6.10 Å². The number of hydrazone groups is 1. The number of nitrogens with one attached hydrogen (secondary N) is 1. The zero-order valence-electron chi connectivity index (χ0n) is 17.6. The Kier molecular flexibility index (Phi) is 5.62. The quantitative estimate of drug-likeness (QED) is 0.331. The molecule has 4 aromatic rings. The molecule has 3 aromatic carbocycles. The highest BCUT2D eigenvalue weighted by Crippen LogP contribution is 2.36. The Labute approximate surface area is 194 Å². The molecule has 0 unspecified atom stereocenters. The van der Waals surface area contributed by atoms with E-state index in [4.69, 9.17) is 30.2 Å². The van der Waals surface area contributed by atoms with Crippen LogP contribution < -0.4 is 19.6 Å².